The molecule has 0 spiro atoms. The predicted molar refractivity (Wildman–Crippen MR) is 176 cm³/mol. The number of likely N-dealkylation sites (N-methyl/N-ethyl adjacent to an activating group) is 1. The zero-order valence-corrected chi connectivity index (χ0v) is 26.0. The van der Waals surface area contributed by atoms with Crippen LogP contribution in [0.3, 0.4) is 0 Å². The second-order valence-electron chi connectivity index (χ2n) is 10.8. The number of carbonyl (C=O) groups is 1. The van der Waals surface area contributed by atoms with Gasteiger partial charge in [0.05, 0.1) is 15.4 Å². The quantitative estimate of drug-likeness (QED) is 0.269. The summed E-state index contributed by atoms with van der Waals surface area (Å²) in [6.07, 6.45) is 1.47. The Hall–Kier alpha value is -4.51. The molecule has 1 aliphatic rings. The molecular formula is C32H30Cl2N8O2. The highest BCUT2D eigenvalue weighted by atomic mass is 35.5. The first-order valence-corrected chi connectivity index (χ1v) is 14.8. The maximum Gasteiger partial charge on any atom is 0.282 e. The summed E-state index contributed by atoms with van der Waals surface area (Å²) in [5, 5.41) is 8.72. The second-order valence-corrected chi connectivity index (χ2v) is 11.6. The Bertz CT molecular complexity index is 1880. The maximum atomic E-state index is 13.7. The van der Waals surface area contributed by atoms with Gasteiger partial charge in [0.15, 0.2) is 0 Å². The lowest BCUT2D eigenvalue weighted by Crippen LogP contribution is -2.44. The molecule has 44 heavy (non-hydrogen) atoms. The summed E-state index contributed by atoms with van der Waals surface area (Å²) in [6.45, 7) is 4.02. The normalized spacial score (nSPS) is 13.7. The Morgan fingerprint density at radius 2 is 1.57 bits per heavy atom. The number of benzene rings is 3. The number of halogens is 2. The molecule has 224 valence electrons. The predicted octanol–water partition coefficient (Wildman–Crippen LogP) is 5.35. The van der Waals surface area contributed by atoms with E-state index in [1.807, 2.05) is 12.1 Å². The molecular weight excluding hydrogens is 599 g/mol. The molecule has 0 aliphatic carbocycles. The smallest absolute Gasteiger partial charge is 0.282 e. The summed E-state index contributed by atoms with van der Waals surface area (Å²) in [7, 11) is 5.52. The van der Waals surface area contributed by atoms with Gasteiger partial charge >= 0.3 is 0 Å². The van der Waals surface area contributed by atoms with Gasteiger partial charge in [-0.05, 0) is 55.6 Å². The van der Waals surface area contributed by atoms with E-state index in [2.05, 4.69) is 39.3 Å². The molecule has 0 saturated carbocycles. The van der Waals surface area contributed by atoms with Crippen LogP contribution in [-0.2, 0) is 0 Å². The van der Waals surface area contributed by atoms with Crippen LogP contribution in [0, 0.1) is 0 Å². The maximum absolute atomic E-state index is 13.7. The lowest BCUT2D eigenvalue weighted by Gasteiger charge is -2.34. The minimum atomic E-state index is -0.471. The summed E-state index contributed by atoms with van der Waals surface area (Å²) >= 11 is 13.0. The van der Waals surface area contributed by atoms with E-state index < -0.39 is 5.56 Å². The fourth-order valence-electron chi connectivity index (χ4n) is 5.10. The summed E-state index contributed by atoms with van der Waals surface area (Å²) in [5.41, 5.74) is 3.64. The van der Waals surface area contributed by atoms with Crippen molar-refractivity contribution in [1.29, 1.82) is 0 Å². The van der Waals surface area contributed by atoms with Crippen LogP contribution in [0.1, 0.15) is 10.4 Å². The van der Waals surface area contributed by atoms with Gasteiger partial charge in [0, 0.05) is 69.0 Å². The van der Waals surface area contributed by atoms with E-state index in [9.17, 15) is 9.59 Å². The van der Waals surface area contributed by atoms with Gasteiger partial charge in [0.1, 0.15) is 16.9 Å². The van der Waals surface area contributed by atoms with E-state index in [0.717, 1.165) is 37.6 Å². The third-order valence-corrected chi connectivity index (χ3v) is 8.20. The number of para-hydroxylation sites is 1. The van der Waals surface area contributed by atoms with Gasteiger partial charge in [-0.25, -0.2) is 9.97 Å². The Morgan fingerprint density at radius 3 is 2.20 bits per heavy atom. The van der Waals surface area contributed by atoms with Crippen LogP contribution in [0.5, 0.6) is 0 Å². The number of anilines is 3. The molecule has 0 unspecified atom stereocenters. The Morgan fingerprint density at radius 1 is 0.909 bits per heavy atom. The van der Waals surface area contributed by atoms with Gasteiger partial charge in [-0.3, -0.25) is 9.59 Å². The molecule has 0 atom stereocenters. The van der Waals surface area contributed by atoms with Gasteiger partial charge in [-0.15, -0.1) is 0 Å². The molecule has 1 N–H and O–H groups in total. The highest BCUT2D eigenvalue weighted by Gasteiger charge is 2.20. The lowest BCUT2D eigenvalue weighted by atomic mass is 10.1. The van der Waals surface area contributed by atoms with Gasteiger partial charge in [0.25, 0.3) is 11.5 Å². The first kappa shape index (κ1) is 29.6. The number of fused-ring (bicyclic) bond motifs is 1. The van der Waals surface area contributed by atoms with E-state index >= 15 is 0 Å². The molecule has 1 fully saturated rings. The van der Waals surface area contributed by atoms with Crippen molar-refractivity contribution >= 4 is 57.3 Å². The number of piperazine rings is 1. The van der Waals surface area contributed by atoms with Gasteiger partial charge < -0.3 is 20.0 Å². The molecule has 10 nitrogen and oxygen atoms in total. The van der Waals surface area contributed by atoms with Gasteiger partial charge in [-0.1, -0.05) is 41.4 Å². The Kier molecular flexibility index (Phi) is 8.22. The molecule has 1 aliphatic heterocycles. The molecule has 0 bridgehead atoms. The zero-order chi connectivity index (χ0) is 31.0. The van der Waals surface area contributed by atoms with E-state index in [-0.39, 0.29) is 27.0 Å². The summed E-state index contributed by atoms with van der Waals surface area (Å²) < 4.78 is 1.18. The molecule has 6 rings (SSSR count). The average Bonchev–Trinajstić information content (AvgIpc) is 3.02. The molecule has 0 radical (unpaired) electrons. The highest BCUT2D eigenvalue weighted by Crippen LogP contribution is 2.30. The van der Waals surface area contributed by atoms with Crippen molar-refractivity contribution < 1.29 is 4.79 Å². The van der Waals surface area contributed by atoms with E-state index in [0.29, 0.717) is 28.3 Å². The molecule has 1 saturated heterocycles. The number of hydrogen-bond donors (Lipinski definition) is 1. The van der Waals surface area contributed by atoms with Crippen LogP contribution in [0.15, 0.2) is 77.7 Å². The van der Waals surface area contributed by atoms with Gasteiger partial charge in [-0.2, -0.15) is 9.78 Å². The zero-order valence-electron chi connectivity index (χ0n) is 24.5. The van der Waals surface area contributed by atoms with E-state index in [1.165, 1.54) is 15.8 Å². The fourth-order valence-corrected chi connectivity index (χ4v) is 5.66. The molecule has 5 aromatic rings. The minimum Gasteiger partial charge on any atom is -0.369 e. The van der Waals surface area contributed by atoms with Crippen LogP contribution in [0.4, 0.5) is 17.3 Å². The number of nitrogens with zero attached hydrogens (tertiary/aromatic N) is 7. The van der Waals surface area contributed by atoms with Crippen LogP contribution in [0.2, 0.25) is 10.0 Å². The first-order chi connectivity index (χ1) is 21.2. The van der Waals surface area contributed by atoms with Crippen LogP contribution >= 0.6 is 23.2 Å². The number of nitrogens with one attached hydrogen (secondary N) is 1. The van der Waals surface area contributed by atoms with Crippen LogP contribution in [-0.4, -0.2) is 82.8 Å². The topological polar surface area (TPSA) is 99.5 Å². The van der Waals surface area contributed by atoms with Crippen molar-refractivity contribution in [3.63, 3.8) is 0 Å². The summed E-state index contributed by atoms with van der Waals surface area (Å²) in [6, 6.07) is 20.1. The number of amides is 1. The Balaban J connectivity index is 1.42. The van der Waals surface area contributed by atoms with Crippen molar-refractivity contribution in [2.75, 3.05) is 57.5 Å². The van der Waals surface area contributed by atoms with Crippen LogP contribution < -0.4 is 15.8 Å². The second kappa shape index (κ2) is 12.2. The van der Waals surface area contributed by atoms with Crippen molar-refractivity contribution in [3.8, 4) is 16.9 Å². The molecule has 12 heteroatoms. The first-order valence-electron chi connectivity index (χ1n) is 14.1. The molecule has 2 aromatic heterocycles. The molecule has 3 aromatic carbocycles. The minimum absolute atomic E-state index is 0.130. The third kappa shape index (κ3) is 5.84. The monoisotopic (exact) mass is 628 g/mol. The fraction of sp³-hybridized carbons (Fsp3) is 0.219. The lowest BCUT2D eigenvalue weighted by molar-refractivity contribution is 0.0827. The highest BCUT2D eigenvalue weighted by molar-refractivity contribution is 6.37. The SMILES string of the molecule is CN1CCN(c2ccc(Nc3ncc4c(=O)n(-c5c(Cl)cccc5Cl)nc(-c5ccc(C(=O)N(C)C)cc5)c4n3)cc2)CC1. The van der Waals surface area contributed by atoms with E-state index in [4.69, 9.17) is 33.3 Å². The molecule has 3 heterocycles. The average molecular weight is 630 g/mol. The van der Waals surface area contributed by atoms with Crippen molar-refractivity contribution in [2.45, 2.75) is 0 Å². The third-order valence-electron chi connectivity index (χ3n) is 7.59. The van der Waals surface area contributed by atoms with Gasteiger partial charge in [0.2, 0.25) is 5.95 Å². The number of carbonyl (C=O) groups excluding carboxylic acids is 1. The standard InChI is InChI=1S/C32H30Cl2N8O2/c1-39(2)30(43)21-9-7-20(8-10-21)27-28-24(31(44)42(38-27)29-25(33)5-4-6-26(29)34)19-35-32(37-28)36-22-11-13-23(14-12-22)41-17-15-40(3)16-18-41/h4-14,19H,15-18H2,1-3H3,(H,35,36,37). The summed E-state index contributed by atoms with van der Waals surface area (Å²) in [4.78, 5) is 41.6. The number of aromatic nitrogens is 4. The number of hydrogen-bond acceptors (Lipinski definition) is 8. The van der Waals surface area contributed by atoms with E-state index in [1.54, 1.807) is 56.6 Å². The van der Waals surface area contributed by atoms with Crippen molar-refractivity contribution in [2.24, 2.45) is 0 Å². The Labute approximate surface area is 264 Å². The van der Waals surface area contributed by atoms with Crippen LogP contribution in [0.25, 0.3) is 27.8 Å². The summed E-state index contributed by atoms with van der Waals surface area (Å²) in [5.74, 6) is 0.176. The van der Waals surface area contributed by atoms with Crippen molar-refractivity contribution in [3.05, 3.63) is 98.9 Å². The largest absolute Gasteiger partial charge is 0.369 e. The number of rotatable bonds is 6. The van der Waals surface area contributed by atoms with Crippen molar-refractivity contribution in [1.82, 2.24) is 29.5 Å². The molecule has 1 amide bonds.